The monoisotopic (exact) mass is 620 g/mol. The van der Waals surface area contributed by atoms with Crippen LogP contribution in [0.4, 0.5) is 0 Å². The van der Waals surface area contributed by atoms with Gasteiger partial charge >= 0.3 is 0 Å². The summed E-state index contributed by atoms with van der Waals surface area (Å²) in [6.07, 6.45) is 2.00. The summed E-state index contributed by atoms with van der Waals surface area (Å²) in [5.74, 6) is 0.108. The molecule has 7 unspecified atom stereocenters. The molecule has 3 heterocycles. The van der Waals surface area contributed by atoms with Gasteiger partial charge in [0.1, 0.15) is 30.5 Å². The Kier molecular flexibility index (Phi) is 6.33. The van der Waals surface area contributed by atoms with Crippen LogP contribution in [0.25, 0.3) is 0 Å². The van der Waals surface area contributed by atoms with Crippen LogP contribution < -0.4 is 0 Å². The van der Waals surface area contributed by atoms with Crippen molar-refractivity contribution in [2.75, 3.05) is 6.61 Å². The highest BCUT2D eigenvalue weighted by Crippen LogP contribution is 2.90. The van der Waals surface area contributed by atoms with Crippen molar-refractivity contribution in [2.24, 2.45) is 50.7 Å². The molecule has 3 saturated heterocycles. The molecular weight excluding hydrogens is 564 g/mol. The van der Waals surface area contributed by atoms with Crippen LogP contribution in [0.3, 0.4) is 0 Å². The third-order valence-electron chi connectivity index (χ3n) is 15.9. The van der Waals surface area contributed by atoms with Gasteiger partial charge in [0.05, 0.1) is 24.4 Å². The van der Waals surface area contributed by atoms with Gasteiger partial charge < -0.3 is 44.5 Å². The van der Waals surface area contributed by atoms with E-state index in [2.05, 4.69) is 34.6 Å². The Morgan fingerprint density at radius 3 is 2.23 bits per heavy atom. The molecule has 0 radical (unpaired) electrons. The zero-order valence-electron chi connectivity index (χ0n) is 27.7. The van der Waals surface area contributed by atoms with Crippen LogP contribution in [-0.4, -0.2) is 92.5 Å². The van der Waals surface area contributed by atoms with E-state index in [1.807, 2.05) is 0 Å². The Hall–Kier alpha value is -0.360. The molecule has 5 N–H and O–H groups in total. The smallest absolute Gasteiger partial charge is 0.199 e. The van der Waals surface area contributed by atoms with Crippen LogP contribution in [0.5, 0.6) is 0 Å². The standard InChI is InChI=1S/C35H56O9/c1-17-14-19-26(30(4,5)40)44-35(43-19)25(17)31(6)12-13-34-16-33(34)11-10-22(42-27-24(38)23(37)18(36)15-41-27)29(2,3)20(33)8-9-21(34)32(31,7)28(35)39/h17-28,36-40H,8-16H2,1-7H3/t17?,18-,19?,20?,21?,22+,23+,24-,25?,26-,27+,28-,31-,32-,33?,34?,35+/m1/s1. The Labute approximate surface area is 262 Å². The number of aliphatic hydroxyl groups is 5. The molecule has 5 aliphatic carbocycles. The summed E-state index contributed by atoms with van der Waals surface area (Å²) < 4.78 is 25.8. The molecule has 0 amide bonds. The predicted molar refractivity (Wildman–Crippen MR) is 159 cm³/mol. The first-order valence-corrected chi connectivity index (χ1v) is 17.5. The minimum atomic E-state index is -1.28. The van der Waals surface area contributed by atoms with Gasteiger partial charge in [-0.15, -0.1) is 0 Å². The molecule has 8 aliphatic rings. The van der Waals surface area contributed by atoms with Gasteiger partial charge in [-0.25, -0.2) is 0 Å². The molecule has 3 spiro atoms. The minimum Gasteiger partial charge on any atom is -0.388 e. The lowest BCUT2D eigenvalue weighted by molar-refractivity contribution is -0.303. The first-order valence-electron chi connectivity index (χ1n) is 17.5. The fourth-order valence-corrected chi connectivity index (χ4v) is 14.0. The van der Waals surface area contributed by atoms with Gasteiger partial charge in [0.15, 0.2) is 12.1 Å². The summed E-state index contributed by atoms with van der Waals surface area (Å²) in [7, 11) is 0. The average Bonchev–Trinajstić information content (AvgIpc) is 3.45. The SMILES string of the molecule is CC1CC2O[C@]3(O[C@H]2C(C)(C)O)C1[C@@]1(C)CCC24CC25CC[C@H](O[C@@H]2OC[C@@H](O)[C@H](O)[C@H]2O)C(C)(C)C5CCC4[C@]1(C)[C@H]3O. The third-order valence-corrected chi connectivity index (χ3v) is 15.9. The van der Waals surface area contributed by atoms with Gasteiger partial charge in [0.2, 0.25) is 0 Å². The number of rotatable bonds is 3. The van der Waals surface area contributed by atoms with Crippen LogP contribution in [0.1, 0.15) is 99.8 Å². The lowest BCUT2D eigenvalue weighted by Gasteiger charge is -2.63. The maximum Gasteiger partial charge on any atom is 0.199 e. The first kappa shape index (κ1) is 30.9. The Bertz CT molecular complexity index is 1200. The zero-order valence-corrected chi connectivity index (χ0v) is 27.7. The van der Waals surface area contributed by atoms with Crippen LogP contribution >= 0.6 is 0 Å². The van der Waals surface area contributed by atoms with E-state index >= 15 is 0 Å². The highest BCUT2D eigenvalue weighted by atomic mass is 16.8. The van der Waals surface area contributed by atoms with Crippen molar-refractivity contribution in [2.45, 2.75) is 160 Å². The lowest BCUT2D eigenvalue weighted by Crippen LogP contribution is -2.61. The second-order valence-electron chi connectivity index (χ2n) is 18.3. The summed E-state index contributed by atoms with van der Waals surface area (Å²) in [5.41, 5.74) is -1.39. The molecule has 0 aromatic heterocycles. The second-order valence-corrected chi connectivity index (χ2v) is 18.3. The number of hydrogen-bond donors (Lipinski definition) is 5. The average molecular weight is 621 g/mol. The molecule has 8 rings (SSSR count). The van der Waals surface area contributed by atoms with Gasteiger partial charge in [0.25, 0.3) is 0 Å². The molecule has 5 saturated carbocycles. The van der Waals surface area contributed by atoms with Crippen molar-refractivity contribution in [3.05, 3.63) is 0 Å². The molecule has 8 fully saturated rings. The van der Waals surface area contributed by atoms with Crippen LogP contribution in [-0.2, 0) is 18.9 Å². The van der Waals surface area contributed by atoms with Gasteiger partial charge in [-0.05, 0) is 105 Å². The molecule has 2 bridgehead atoms. The quantitative estimate of drug-likeness (QED) is 0.301. The number of fused-ring (bicyclic) bond motifs is 4. The van der Waals surface area contributed by atoms with Crippen LogP contribution in [0, 0.1) is 50.7 Å². The molecular formula is C35H56O9. The first-order chi connectivity index (χ1) is 20.4. The summed E-state index contributed by atoms with van der Waals surface area (Å²) in [5, 5.41) is 54.5. The highest BCUT2D eigenvalue weighted by Gasteiger charge is 2.88. The molecule has 44 heavy (non-hydrogen) atoms. The summed E-state index contributed by atoms with van der Waals surface area (Å²) in [4.78, 5) is 0. The molecule has 17 atom stereocenters. The Balaban J connectivity index is 1.10. The van der Waals surface area contributed by atoms with Crippen molar-refractivity contribution in [3.63, 3.8) is 0 Å². The maximum atomic E-state index is 12.7. The second kappa shape index (κ2) is 9.00. The summed E-state index contributed by atoms with van der Waals surface area (Å²) in [6, 6.07) is 0. The van der Waals surface area contributed by atoms with Gasteiger partial charge in [-0.2, -0.15) is 0 Å². The van der Waals surface area contributed by atoms with Gasteiger partial charge in [-0.1, -0.05) is 34.6 Å². The molecule has 250 valence electrons. The fraction of sp³-hybridized carbons (Fsp3) is 1.00. The van der Waals surface area contributed by atoms with Crippen LogP contribution in [0.15, 0.2) is 0 Å². The van der Waals surface area contributed by atoms with Crippen molar-refractivity contribution in [1.29, 1.82) is 0 Å². The van der Waals surface area contributed by atoms with Crippen molar-refractivity contribution in [3.8, 4) is 0 Å². The Morgan fingerprint density at radius 1 is 0.841 bits per heavy atom. The minimum absolute atomic E-state index is 0.0559. The van der Waals surface area contributed by atoms with Crippen LogP contribution in [0.2, 0.25) is 0 Å². The van der Waals surface area contributed by atoms with Crippen molar-refractivity contribution in [1.82, 2.24) is 0 Å². The summed E-state index contributed by atoms with van der Waals surface area (Å²) >= 11 is 0. The van der Waals surface area contributed by atoms with E-state index in [1.54, 1.807) is 13.8 Å². The van der Waals surface area contributed by atoms with Gasteiger partial charge in [0, 0.05) is 11.3 Å². The molecule has 9 heteroatoms. The van der Waals surface area contributed by atoms with E-state index in [1.165, 1.54) is 6.42 Å². The predicted octanol–water partition coefficient (Wildman–Crippen LogP) is 3.12. The lowest BCUT2D eigenvalue weighted by atomic mass is 9.41. The van der Waals surface area contributed by atoms with E-state index in [9.17, 15) is 25.5 Å². The maximum absolute atomic E-state index is 12.7. The largest absolute Gasteiger partial charge is 0.388 e. The van der Waals surface area contributed by atoms with E-state index < -0.39 is 48.2 Å². The van der Waals surface area contributed by atoms with E-state index in [-0.39, 0.29) is 51.8 Å². The zero-order chi connectivity index (χ0) is 31.6. The molecule has 9 nitrogen and oxygen atoms in total. The molecule has 0 aromatic rings. The molecule has 0 aromatic carbocycles. The van der Waals surface area contributed by atoms with Crippen molar-refractivity contribution < 1.29 is 44.5 Å². The fourth-order valence-electron chi connectivity index (χ4n) is 14.0. The number of ether oxygens (including phenoxy) is 4. The normalized spacial score (nSPS) is 62.2. The highest BCUT2D eigenvalue weighted by molar-refractivity contribution is 5.34. The van der Waals surface area contributed by atoms with E-state index in [0.717, 1.165) is 44.9 Å². The van der Waals surface area contributed by atoms with Gasteiger partial charge in [-0.3, -0.25) is 0 Å². The Morgan fingerprint density at radius 2 is 1.52 bits per heavy atom. The third kappa shape index (κ3) is 3.38. The van der Waals surface area contributed by atoms with E-state index in [0.29, 0.717) is 17.8 Å². The van der Waals surface area contributed by atoms with Crippen molar-refractivity contribution >= 4 is 0 Å². The number of hydrogen-bond acceptors (Lipinski definition) is 9. The topological polar surface area (TPSA) is 138 Å². The molecule has 3 aliphatic heterocycles. The summed E-state index contributed by atoms with van der Waals surface area (Å²) in [6.45, 7) is 15.2. The number of aliphatic hydroxyl groups excluding tert-OH is 4. The van der Waals surface area contributed by atoms with E-state index in [4.69, 9.17) is 18.9 Å².